The summed E-state index contributed by atoms with van der Waals surface area (Å²) >= 11 is 0. The number of carbonyl (C=O) groups is 2. The van der Waals surface area contributed by atoms with Crippen molar-refractivity contribution in [2.75, 3.05) is 46.3 Å². The molecule has 0 radical (unpaired) electrons. The highest BCUT2D eigenvalue weighted by atomic mass is 16.3. The quantitative estimate of drug-likeness (QED) is 0.557. The number of piperazine rings is 1. The second kappa shape index (κ2) is 15.1. The molecule has 1 aromatic heterocycles. The molecule has 1 atom stereocenters. The maximum absolute atomic E-state index is 8.36. The van der Waals surface area contributed by atoms with Crippen molar-refractivity contribution in [2.45, 2.75) is 39.3 Å². The van der Waals surface area contributed by atoms with Crippen LogP contribution in [0.15, 0.2) is 6.33 Å². The number of nitrogens with zero attached hydrogens (tertiary/aromatic N) is 5. The third-order valence-corrected chi connectivity index (χ3v) is 4.17. The summed E-state index contributed by atoms with van der Waals surface area (Å²) in [6.45, 7) is 12.9. The number of likely N-dealkylation sites (N-methyl/N-ethyl adjacent to an activating group) is 1. The molecular formula is C17H34N6O4. The van der Waals surface area contributed by atoms with Crippen LogP contribution in [0.5, 0.6) is 0 Å². The molecule has 1 unspecified atom stereocenters. The van der Waals surface area contributed by atoms with E-state index in [9.17, 15) is 0 Å². The van der Waals surface area contributed by atoms with Crippen molar-refractivity contribution < 1.29 is 19.8 Å². The van der Waals surface area contributed by atoms with E-state index >= 15 is 0 Å². The van der Waals surface area contributed by atoms with Gasteiger partial charge in [0.05, 0.1) is 0 Å². The van der Waals surface area contributed by atoms with Gasteiger partial charge in [0.25, 0.3) is 12.9 Å². The van der Waals surface area contributed by atoms with Crippen molar-refractivity contribution in [3.8, 4) is 0 Å². The molecule has 2 rings (SSSR count). The molecule has 1 aliphatic heterocycles. The van der Waals surface area contributed by atoms with E-state index in [2.05, 4.69) is 57.7 Å². The third kappa shape index (κ3) is 11.3. The Morgan fingerprint density at radius 3 is 2.22 bits per heavy atom. The van der Waals surface area contributed by atoms with E-state index < -0.39 is 0 Å². The predicted octanol–water partition coefficient (Wildman–Crippen LogP) is 0.0286. The van der Waals surface area contributed by atoms with Crippen molar-refractivity contribution in [3.05, 3.63) is 12.2 Å². The Morgan fingerprint density at radius 2 is 1.70 bits per heavy atom. The summed E-state index contributed by atoms with van der Waals surface area (Å²) in [5, 5.41) is 25.6. The molecule has 156 valence electrons. The predicted molar refractivity (Wildman–Crippen MR) is 103 cm³/mol. The van der Waals surface area contributed by atoms with Crippen LogP contribution in [0.1, 0.15) is 32.6 Å². The molecular weight excluding hydrogens is 352 g/mol. The largest absolute Gasteiger partial charge is 0.483 e. The molecule has 0 aromatic carbocycles. The molecule has 1 saturated heterocycles. The highest BCUT2D eigenvalue weighted by molar-refractivity contribution is 5.33. The average molecular weight is 386 g/mol. The fourth-order valence-electron chi connectivity index (χ4n) is 2.79. The summed E-state index contributed by atoms with van der Waals surface area (Å²) in [6, 6.07) is 0.946. The highest BCUT2D eigenvalue weighted by Gasteiger charge is 2.16. The van der Waals surface area contributed by atoms with Crippen LogP contribution in [-0.4, -0.2) is 100 Å². The van der Waals surface area contributed by atoms with Gasteiger partial charge < -0.3 is 25.0 Å². The summed E-state index contributed by atoms with van der Waals surface area (Å²) in [4.78, 5) is 21.7. The van der Waals surface area contributed by atoms with E-state index in [1.165, 1.54) is 26.2 Å². The van der Waals surface area contributed by atoms with Crippen molar-refractivity contribution in [3.63, 3.8) is 0 Å². The fourth-order valence-corrected chi connectivity index (χ4v) is 2.79. The second-order valence-corrected chi connectivity index (χ2v) is 6.67. The van der Waals surface area contributed by atoms with E-state index in [4.69, 9.17) is 19.8 Å². The molecule has 1 fully saturated rings. The number of carboxylic acid groups (broad SMARTS) is 2. The minimum absolute atomic E-state index is 0.250. The average Bonchev–Trinajstić information content (AvgIpc) is 3.07. The molecule has 10 nitrogen and oxygen atoms in total. The van der Waals surface area contributed by atoms with E-state index in [-0.39, 0.29) is 12.9 Å². The van der Waals surface area contributed by atoms with Gasteiger partial charge >= 0.3 is 0 Å². The Bertz CT molecular complexity index is 497. The molecule has 1 aliphatic rings. The molecule has 0 amide bonds. The van der Waals surface area contributed by atoms with Crippen LogP contribution in [-0.2, 0) is 16.0 Å². The number of hydrogen-bond donors (Lipinski definition) is 3. The van der Waals surface area contributed by atoms with Crippen LogP contribution in [0.25, 0.3) is 0 Å². The summed E-state index contributed by atoms with van der Waals surface area (Å²) in [5.74, 6) is 1.07. The Labute approximate surface area is 161 Å². The van der Waals surface area contributed by atoms with Gasteiger partial charge in [0.2, 0.25) is 0 Å². The van der Waals surface area contributed by atoms with Crippen LogP contribution in [0.3, 0.4) is 0 Å². The standard InChI is InChI=1S/C15H30N6.2CH2O2/c1-13(2)21-12-17-18-15(21)5-6-16-14(3)11-20-9-7-19(4)8-10-20;2*2-1-3/h12-14,16H,5-11H2,1-4H3;2*1H,(H,2,3). The van der Waals surface area contributed by atoms with Crippen molar-refractivity contribution in [1.29, 1.82) is 0 Å². The fraction of sp³-hybridized carbons (Fsp3) is 0.765. The summed E-state index contributed by atoms with van der Waals surface area (Å²) < 4.78 is 2.15. The van der Waals surface area contributed by atoms with Crippen LogP contribution < -0.4 is 5.32 Å². The zero-order valence-electron chi connectivity index (χ0n) is 16.8. The van der Waals surface area contributed by atoms with Gasteiger partial charge in [-0.15, -0.1) is 10.2 Å². The summed E-state index contributed by atoms with van der Waals surface area (Å²) in [6.07, 6.45) is 2.76. The van der Waals surface area contributed by atoms with Crippen LogP contribution in [0.2, 0.25) is 0 Å². The SMILES string of the molecule is CC(CN1CCN(C)CC1)NCCc1nncn1C(C)C.O=CO.O=CO. The van der Waals surface area contributed by atoms with Crippen LogP contribution in [0.4, 0.5) is 0 Å². The Balaban J connectivity index is 0.000000997. The zero-order valence-corrected chi connectivity index (χ0v) is 16.8. The second-order valence-electron chi connectivity index (χ2n) is 6.67. The van der Waals surface area contributed by atoms with E-state index in [0.717, 1.165) is 25.3 Å². The first-order chi connectivity index (χ1) is 12.9. The lowest BCUT2D eigenvalue weighted by Crippen LogP contribution is -2.49. The maximum atomic E-state index is 8.36. The summed E-state index contributed by atoms with van der Waals surface area (Å²) in [5.41, 5.74) is 0. The first-order valence-electron chi connectivity index (χ1n) is 9.07. The van der Waals surface area contributed by atoms with Crippen LogP contribution in [0, 0.1) is 0 Å². The Hall–Kier alpha value is -2.04. The molecule has 2 heterocycles. The Morgan fingerprint density at radius 1 is 1.15 bits per heavy atom. The van der Waals surface area contributed by atoms with Crippen molar-refractivity contribution in [1.82, 2.24) is 29.9 Å². The van der Waals surface area contributed by atoms with E-state index in [1.54, 1.807) is 0 Å². The normalized spacial score (nSPS) is 15.9. The molecule has 0 aliphatic carbocycles. The summed E-state index contributed by atoms with van der Waals surface area (Å²) in [7, 11) is 2.20. The monoisotopic (exact) mass is 386 g/mol. The topological polar surface area (TPSA) is 124 Å². The Kier molecular flexibility index (Phi) is 13.9. The van der Waals surface area contributed by atoms with E-state index in [0.29, 0.717) is 12.1 Å². The first-order valence-corrected chi connectivity index (χ1v) is 9.07. The first kappa shape index (κ1) is 25.0. The van der Waals surface area contributed by atoms with Crippen molar-refractivity contribution in [2.24, 2.45) is 0 Å². The van der Waals surface area contributed by atoms with Gasteiger partial charge in [0.1, 0.15) is 12.2 Å². The lowest BCUT2D eigenvalue weighted by atomic mass is 10.2. The molecule has 0 bridgehead atoms. The molecule has 0 spiro atoms. The van der Waals surface area contributed by atoms with Gasteiger partial charge in [-0.3, -0.25) is 14.5 Å². The van der Waals surface area contributed by atoms with E-state index in [1.807, 2.05) is 6.33 Å². The number of rotatable bonds is 7. The van der Waals surface area contributed by atoms with Gasteiger partial charge in [0.15, 0.2) is 0 Å². The van der Waals surface area contributed by atoms with Gasteiger partial charge in [0, 0.05) is 57.8 Å². The number of aromatic nitrogens is 3. The number of hydrogen-bond acceptors (Lipinski definition) is 7. The number of nitrogens with one attached hydrogen (secondary N) is 1. The lowest BCUT2D eigenvalue weighted by molar-refractivity contribution is -0.123. The molecule has 1 aromatic rings. The zero-order chi connectivity index (χ0) is 20.7. The molecule has 10 heteroatoms. The molecule has 27 heavy (non-hydrogen) atoms. The third-order valence-electron chi connectivity index (χ3n) is 4.17. The van der Waals surface area contributed by atoms with Gasteiger partial charge in [-0.2, -0.15) is 0 Å². The maximum Gasteiger partial charge on any atom is 0.290 e. The minimum atomic E-state index is -0.250. The van der Waals surface area contributed by atoms with Gasteiger partial charge in [-0.05, 0) is 27.8 Å². The van der Waals surface area contributed by atoms with Gasteiger partial charge in [-0.1, -0.05) is 0 Å². The highest BCUT2D eigenvalue weighted by Crippen LogP contribution is 2.06. The van der Waals surface area contributed by atoms with Crippen LogP contribution >= 0.6 is 0 Å². The molecule has 0 saturated carbocycles. The van der Waals surface area contributed by atoms with Gasteiger partial charge in [-0.25, -0.2) is 0 Å². The lowest BCUT2D eigenvalue weighted by Gasteiger charge is -2.34. The molecule has 3 N–H and O–H groups in total. The smallest absolute Gasteiger partial charge is 0.290 e. The minimum Gasteiger partial charge on any atom is -0.483 e. The van der Waals surface area contributed by atoms with Crippen molar-refractivity contribution >= 4 is 12.9 Å².